The van der Waals surface area contributed by atoms with Crippen LogP contribution in [0, 0.1) is 5.92 Å². The summed E-state index contributed by atoms with van der Waals surface area (Å²) in [6.07, 6.45) is 7.68. The van der Waals surface area contributed by atoms with Crippen molar-refractivity contribution in [1.29, 1.82) is 0 Å². The van der Waals surface area contributed by atoms with Gasteiger partial charge in [0.1, 0.15) is 5.69 Å². The van der Waals surface area contributed by atoms with E-state index >= 15 is 0 Å². The van der Waals surface area contributed by atoms with Crippen molar-refractivity contribution in [3.05, 3.63) is 42.1 Å². The molecule has 1 saturated heterocycles. The molecule has 1 saturated carbocycles. The smallest absolute Gasteiger partial charge is 0.269 e. The van der Waals surface area contributed by atoms with Gasteiger partial charge in [-0.1, -0.05) is 37.1 Å². The number of aromatic nitrogens is 1. The van der Waals surface area contributed by atoms with Gasteiger partial charge in [0, 0.05) is 30.9 Å². The van der Waals surface area contributed by atoms with Gasteiger partial charge in [-0.15, -0.1) is 0 Å². The molecule has 1 aliphatic heterocycles. The Hall–Kier alpha value is -2.43. The lowest BCUT2D eigenvalue weighted by molar-refractivity contribution is -0.137. The van der Waals surface area contributed by atoms with Crippen molar-refractivity contribution < 1.29 is 9.59 Å². The molecule has 2 unspecified atom stereocenters. The minimum absolute atomic E-state index is 0.179. The first kappa shape index (κ1) is 18.0. The lowest BCUT2D eigenvalue weighted by atomic mass is 9.78. The van der Waals surface area contributed by atoms with Crippen LogP contribution in [-0.4, -0.2) is 40.8 Å². The van der Waals surface area contributed by atoms with Crippen LogP contribution in [0.5, 0.6) is 0 Å². The van der Waals surface area contributed by atoms with Gasteiger partial charge in [-0.05, 0) is 43.7 Å². The molecule has 1 aromatic carbocycles. The van der Waals surface area contributed by atoms with E-state index in [-0.39, 0.29) is 11.8 Å². The topological polar surface area (TPSA) is 62.3 Å². The molecule has 5 heteroatoms. The minimum atomic E-state index is -0.220. The van der Waals surface area contributed by atoms with E-state index in [2.05, 4.69) is 15.2 Å². The second-order valence-electron chi connectivity index (χ2n) is 7.74. The molecule has 1 aliphatic carbocycles. The maximum absolute atomic E-state index is 12.7. The second-order valence-corrected chi connectivity index (χ2v) is 7.74. The summed E-state index contributed by atoms with van der Waals surface area (Å²) in [6.45, 7) is 1.24. The highest BCUT2D eigenvalue weighted by Crippen LogP contribution is 2.35. The molecule has 2 heterocycles. The molecule has 0 bridgehead atoms. The molecule has 1 aromatic heterocycles. The minimum Gasteiger partial charge on any atom is -0.350 e. The average Bonchev–Trinajstić information content (AvgIpc) is 2.72. The van der Waals surface area contributed by atoms with Crippen molar-refractivity contribution in [2.24, 2.45) is 5.92 Å². The third-order valence-corrected chi connectivity index (χ3v) is 6.02. The van der Waals surface area contributed by atoms with Crippen LogP contribution in [0.4, 0.5) is 0 Å². The zero-order valence-corrected chi connectivity index (χ0v) is 15.7. The van der Waals surface area contributed by atoms with E-state index in [1.54, 1.807) is 6.07 Å². The van der Waals surface area contributed by atoms with Crippen LogP contribution in [0.15, 0.2) is 36.4 Å². The number of nitrogens with one attached hydrogen (secondary N) is 1. The van der Waals surface area contributed by atoms with E-state index in [9.17, 15) is 9.59 Å². The highest BCUT2D eigenvalue weighted by Gasteiger charge is 2.35. The van der Waals surface area contributed by atoms with Gasteiger partial charge in [-0.2, -0.15) is 0 Å². The number of pyridine rings is 1. The Morgan fingerprint density at radius 2 is 1.85 bits per heavy atom. The molecule has 2 aliphatic rings. The molecule has 27 heavy (non-hydrogen) atoms. The highest BCUT2D eigenvalue weighted by molar-refractivity contribution is 5.95. The maximum Gasteiger partial charge on any atom is 0.269 e. The number of hydrogen-bond donors (Lipinski definition) is 1. The predicted octanol–water partition coefficient (Wildman–Crippen LogP) is 3.54. The average molecular weight is 365 g/mol. The lowest BCUT2D eigenvalue weighted by Gasteiger charge is -2.44. The summed E-state index contributed by atoms with van der Waals surface area (Å²) < 4.78 is 0. The van der Waals surface area contributed by atoms with Gasteiger partial charge in [-0.25, -0.2) is 4.98 Å². The number of rotatable bonds is 4. The van der Waals surface area contributed by atoms with Crippen molar-refractivity contribution in [2.45, 2.75) is 51.0 Å². The number of para-hydroxylation sites is 1. The Labute approximate surface area is 160 Å². The maximum atomic E-state index is 12.7. The van der Waals surface area contributed by atoms with Crippen LogP contribution in [0.3, 0.4) is 0 Å². The van der Waals surface area contributed by atoms with Gasteiger partial charge in [-0.3, -0.25) is 9.59 Å². The van der Waals surface area contributed by atoms with Crippen LogP contribution in [0.2, 0.25) is 0 Å². The van der Waals surface area contributed by atoms with Gasteiger partial charge in [0.15, 0.2) is 0 Å². The number of carbonyl (C=O) groups excluding carboxylic acids is 2. The Balaban J connectivity index is 1.31. The fourth-order valence-electron chi connectivity index (χ4n) is 4.64. The second kappa shape index (κ2) is 8.07. The number of nitrogens with zero attached hydrogens (tertiary/aromatic N) is 2. The van der Waals surface area contributed by atoms with E-state index in [1.165, 1.54) is 25.7 Å². The molecule has 142 valence electrons. The predicted molar refractivity (Wildman–Crippen MR) is 105 cm³/mol. The molecule has 2 fully saturated rings. The highest BCUT2D eigenvalue weighted by atomic mass is 16.2. The van der Waals surface area contributed by atoms with E-state index in [1.807, 2.05) is 30.3 Å². The summed E-state index contributed by atoms with van der Waals surface area (Å²) >= 11 is 0. The fourth-order valence-corrected chi connectivity index (χ4v) is 4.64. The van der Waals surface area contributed by atoms with Gasteiger partial charge >= 0.3 is 0 Å². The molecule has 0 spiro atoms. The summed E-state index contributed by atoms with van der Waals surface area (Å²) in [7, 11) is 0. The normalized spacial score (nSPS) is 22.3. The molecule has 4 rings (SSSR count). The van der Waals surface area contributed by atoms with Crippen LogP contribution in [0.25, 0.3) is 10.9 Å². The quantitative estimate of drug-likeness (QED) is 0.901. The Bertz CT molecular complexity index is 833. The van der Waals surface area contributed by atoms with Crippen LogP contribution in [-0.2, 0) is 4.79 Å². The van der Waals surface area contributed by atoms with Gasteiger partial charge < -0.3 is 10.2 Å². The van der Waals surface area contributed by atoms with E-state index in [0.29, 0.717) is 30.6 Å². The fraction of sp³-hybridized carbons (Fsp3) is 0.500. The van der Waals surface area contributed by atoms with Crippen molar-refractivity contribution in [3.8, 4) is 0 Å². The molecule has 2 amide bonds. The lowest BCUT2D eigenvalue weighted by Crippen LogP contribution is -2.50. The summed E-state index contributed by atoms with van der Waals surface area (Å²) in [4.78, 5) is 31.6. The first-order chi connectivity index (χ1) is 13.2. The molecular formula is C22H27N3O2. The van der Waals surface area contributed by atoms with E-state index < -0.39 is 0 Å². The number of benzene rings is 1. The summed E-state index contributed by atoms with van der Waals surface area (Å²) in [5.41, 5.74) is 1.20. The van der Waals surface area contributed by atoms with Crippen molar-refractivity contribution >= 4 is 22.7 Å². The monoisotopic (exact) mass is 365 g/mol. The summed E-state index contributed by atoms with van der Waals surface area (Å²) in [6, 6.07) is 11.8. The van der Waals surface area contributed by atoms with Gasteiger partial charge in [0.05, 0.1) is 5.52 Å². The number of carbonyl (C=O) groups is 2. The van der Waals surface area contributed by atoms with E-state index in [0.717, 1.165) is 30.3 Å². The number of fused-ring (bicyclic) bond motifs is 2. The van der Waals surface area contributed by atoms with Crippen LogP contribution in [0.1, 0.15) is 55.4 Å². The van der Waals surface area contributed by atoms with Crippen molar-refractivity contribution in [1.82, 2.24) is 15.2 Å². The number of amides is 2. The summed E-state index contributed by atoms with van der Waals surface area (Å²) in [5, 5.41) is 3.87. The third kappa shape index (κ3) is 3.97. The zero-order chi connectivity index (χ0) is 18.6. The molecule has 0 radical (unpaired) electrons. The van der Waals surface area contributed by atoms with Crippen LogP contribution < -0.4 is 5.32 Å². The first-order valence-electron chi connectivity index (χ1n) is 10.2. The number of hydrogen-bond acceptors (Lipinski definition) is 3. The third-order valence-electron chi connectivity index (χ3n) is 6.02. The summed E-state index contributed by atoms with van der Waals surface area (Å²) in [5.74, 6) is 0.647. The molecule has 1 N–H and O–H groups in total. The van der Waals surface area contributed by atoms with Crippen molar-refractivity contribution in [3.63, 3.8) is 0 Å². The van der Waals surface area contributed by atoms with E-state index in [4.69, 9.17) is 0 Å². The largest absolute Gasteiger partial charge is 0.350 e. The standard InChI is InChI=1S/C22H27N3O2/c26-21(25-15-5-8-17-7-2-4-10-20(17)25)13-14-23-22(27)19-12-11-16-6-1-3-9-18(16)24-19/h1,3,6,9,11-12,17,20H,2,4-5,7-8,10,13-15H2,(H,23,27). The number of likely N-dealkylation sites (tertiary alicyclic amines) is 1. The zero-order valence-electron chi connectivity index (χ0n) is 15.7. The molecule has 5 nitrogen and oxygen atoms in total. The number of piperidine rings is 1. The molecule has 2 aromatic rings. The van der Waals surface area contributed by atoms with Crippen LogP contribution >= 0.6 is 0 Å². The Kier molecular flexibility index (Phi) is 5.37. The van der Waals surface area contributed by atoms with Gasteiger partial charge in [0.2, 0.25) is 5.91 Å². The molecule has 2 atom stereocenters. The van der Waals surface area contributed by atoms with Crippen molar-refractivity contribution in [2.75, 3.05) is 13.1 Å². The van der Waals surface area contributed by atoms with Gasteiger partial charge in [0.25, 0.3) is 5.91 Å². The SMILES string of the molecule is O=C(NCCC(=O)N1CCCC2CCCCC21)c1ccc2ccccc2n1. The molecular weight excluding hydrogens is 338 g/mol. The first-order valence-corrected chi connectivity index (χ1v) is 10.2. The Morgan fingerprint density at radius 1 is 1.04 bits per heavy atom. The Morgan fingerprint density at radius 3 is 2.78 bits per heavy atom.